The monoisotopic (exact) mass is 449 g/mol. The molecule has 2 amide bonds. The van der Waals surface area contributed by atoms with Gasteiger partial charge in [0.15, 0.2) is 0 Å². The molecule has 8 heteroatoms. The standard InChI is InChI=1S/C24H27N5O2S/c30-22(27-16-7-3-10-25-13-16)21-20-19-18(9-11-26-23(19)32-21)29(24(31)28-20)17-8-2-6-15(12-17)14-4-1-5-14/h2,6,8-9,11-12,14,16,22,25,27,30H,1,3-5,7,10,13H2,(H,28,31)/t16-,22?/m1/s1. The summed E-state index contributed by atoms with van der Waals surface area (Å²) in [6.45, 7) is 1.85. The number of pyridine rings is 1. The number of urea groups is 1. The minimum Gasteiger partial charge on any atom is -0.373 e. The molecule has 32 heavy (non-hydrogen) atoms. The number of amides is 2. The number of nitrogens with zero attached hydrogens (tertiary/aromatic N) is 2. The van der Waals surface area contributed by atoms with Crippen LogP contribution in [0, 0.1) is 0 Å². The van der Waals surface area contributed by atoms with E-state index in [-0.39, 0.29) is 12.1 Å². The molecule has 4 N–H and O–H groups in total. The molecule has 2 atom stereocenters. The Labute approximate surface area is 190 Å². The highest BCUT2D eigenvalue weighted by molar-refractivity contribution is 7.19. The molecule has 2 aliphatic heterocycles. The van der Waals surface area contributed by atoms with Crippen molar-refractivity contribution in [2.75, 3.05) is 23.3 Å². The zero-order valence-electron chi connectivity index (χ0n) is 17.8. The van der Waals surface area contributed by atoms with Crippen molar-refractivity contribution >= 4 is 44.6 Å². The maximum Gasteiger partial charge on any atom is 0.331 e. The quantitative estimate of drug-likeness (QED) is 0.428. The second-order valence-corrected chi connectivity index (χ2v) is 9.98. The van der Waals surface area contributed by atoms with Crippen LogP contribution in [0.15, 0.2) is 36.5 Å². The zero-order chi connectivity index (χ0) is 21.7. The summed E-state index contributed by atoms with van der Waals surface area (Å²) in [5.41, 5.74) is 3.65. The van der Waals surface area contributed by atoms with Crippen LogP contribution >= 0.6 is 11.3 Å². The Morgan fingerprint density at radius 1 is 1.22 bits per heavy atom. The predicted molar refractivity (Wildman–Crippen MR) is 128 cm³/mol. The third-order valence-corrected chi connectivity index (χ3v) is 8.07. The van der Waals surface area contributed by atoms with Crippen molar-refractivity contribution < 1.29 is 9.90 Å². The van der Waals surface area contributed by atoms with Crippen LogP contribution < -0.4 is 20.9 Å². The van der Waals surface area contributed by atoms with Gasteiger partial charge in [0.1, 0.15) is 11.1 Å². The van der Waals surface area contributed by atoms with Crippen LogP contribution in [-0.4, -0.2) is 35.3 Å². The number of nitrogens with one attached hydrogen (secondary N) is 3. The molecule has 3 aromatic rings. The molecule has 1 aromatic carbocycles. The summed E-state index contributed by atoms with van der Waals surface area (Å²) in [5.74, 6) is 0.596. The van der Waals surface area contributed by atoms with Crippen molar-refractivity contribution in [2.45, 2.75) is 50.3 Å². The fourth-order valence-corrected chi connectivity index (χ4v) is 6.07. The van der Waals surface area contributed by atoms with Crippen molar-refractivity contribution in [2.24, 2.45) is 0 Å². The minimum absolute atomic E-state index is 0.202. The largest absolute Gasteiger partial charge is 0.373 e. The van der Waals surface area contributed by atoms with E-state index in [2.05, 4.69) is 33.1 Å². The highest BCUT2D eigenvalue weighted by Gasteiger charge is 2.33. The number of piperidine rings is 1. The first-order valence-electron chi connectivity index (χ1n) is 11.5. The molecule has 6 rings (SSSR count). The summed E-state index contributed by atoms with van der Waals surface area (Å²) in [7, 11) is 0. The lowest BCUT2D eigenvalue weighted by Gasteiger charge is -2.31. The van der Waals surface area contributed by atoms with E-state index < -0.39 is 6.23 Å². The second-order valence-electron chi connectivity index (χ2n) is 8.95. The minimum atomic E-state index is -0.851. The Morgan fingerprint density at radius 3 is 2.91 bits per heavy atom. The van der Waals surface area contributed by atoms with Crippen molar-refractivity contribution in [1.29, 1.82) is 0 Å². The van der Waals surface area contributed by atoms with Crippen molar-refractivity contribution in [3.8, 4) is 0 Å². The molecule has 1 saturated carbocycles. The average molecular weight is 450 g/mol. The van der Waals surface area contributed by atoms with Gasteiger partial charge in [0.2, 0.25) is 0 Å². The van der Waals surface area contributed by atoms with Gasteiger partial charge in [0.25, 0.3) is 0 Å². The van der Waals surface area contributed by atoms with Crippen LogP contribution in [0.25, 0.3) is 10.2 Å². The summed E-state index contributed by atoms with van der Waals surface area (Å²) in [4.78, 5) is 21.1. The van der Waals surface area contributed by atoms with E-state index in [0.717, 1.165) is 47.5 Å². The van der Waals surface area contributed by atoms with Gasteiger partial charge in [-0.2, -0.15) is 0 Å². The van der Waals surface area contributed by atoms with Crippen LogP contribution in [0.3, 0.4) is 0 Å². The van der Waals surface area contributed by atoms with E-state index >= 15 is 0 Å². The fraction of sp³-hybridized carbons (Fsp3) is 0.417. The number of hydrogen-bond acceptors (Lipinski definition) is 6. The van der Waals surface area contributed by atoms with Gasteiger partial charge in [0, 0.05) is 18.8 Å². The molecule has 1 unspecified atom stereocenters. The lowest BCUT2D eigenvalue weighted by atomic mass is 9.80. The lowest BCUT2D eigenvalue weighted by Crippen LogP contribution is -2.44. The van der Waals surface area contributed by atoms with Gasteiger partial charge in [-0.3, -0.25) is 10.2 Å². The van der Waals surface area contributed by atoms with Crippen LogP contribution in [0.5, 0.6) is 0 Å². The number of thiophene rings is 1. The summed E-state index contributed by atoms with van der Waals surface area (Å²) >= 11 is 1.43. The maximum absolute atomic E-state index is 13.3. The fourth-order valence-electron chi connectivity index (χ4n) is 5.01. The topological polar surface area (TPSA) is 89.5 Å². The molecule has 2 aromatic heterocycles. The summed E-state index contributed by atoms with van der Waals surface area (Å²) < 4.78 is 0. The summed E-state index contributed by atoms with van der Waals surface area (Å²) in [5, 5.41) is 21.6. The molecule has 7 nitrogen and oxygen atoms in total. The number of carbonyl (C=O) groups excluding carboxylic acids is 1. The molecule has 1 saturated heterocycles. The average Bonchev–Trinajstić information content (AvgIpc) is 3.13. The maximum atomic E-state index is 13.3. The molecular formula is C24H27N5O2S. The van der Waals surface area contributed by atoms with Crippen LogP contribution in [0.2, 0.25) is 0 Å². The smallest absolute Gasteiger partial charge is 0.331 e. The molecule has 2 fully saturated rings. The van der Waals surface area contributed by atoms with E-state index in [9.17, 15) is 9.90 Å². The molecule has 1 aliphatic carbocycles. The van der Waals surface area contributed by atoms with E-state index in [1.807, 2.05) is 18.2 Å². The number of aromatic nitrogens is 1. The second kappa shape index (κ2) is 8.12. The van der Waals surface area contributed by atoms with Crippen LogP contribution in [0.1, 0.15) is 54.7 Å². The van der Waals surface area contributed by atoms with E-state index in [4.69, 9.17) is 0 Å². The first-order valence-corrected chi connectivity index (χ1v) is 12.3. The number of carbonyl (C=O) groups is 1. The first-order chi connectivity index (χ1) is 15.7. The van der Waals surface area contributed by atoms with Gasteiger partial charge >= 0.3 is 6.03 Å². The number of anilines is 3. The molecule has 0 spiro atoms. The van der Waals surface area contributed by atoms with Gasteiger partial charge in [0.05, 0.1) is 27.3 Å². The third-order valence-electron chi connectivity index (χ3n) is 6.92. The normalized spacial score (nSPS) is 22.0. The number of aliphatic hydroxyl groups is 1. The van der Waals surface area contributed by atoms with Gasteiger partial charge in [-0.25, -0.2) is 9.78 Å². The van der Waals surface area contributed by atoms with Gasteiger partial charge < -0.3 is 15.7 Å². The van der Waals surface area contributed by atoms with Gasteiger partial charge in [-0.1, -0.05) is 18.6 Å². The van der Waals surface area contributed by atoms with Crippen molar-refractivity contribution in [1.82, 2.24) is 15.6 Å². The third kappa shape index (κ3) is 3.38. The summed E-state index contributed by atoms with van der Waals surface area (Å²) in [6.07, 6.45) is 6.71. The SMILES string of the molecule is O=C1Nc2c(C(O)N[C@@H]3CCCNC3)sc3nccc(c23)N1c1cccc(C2CCC2)c1. The van der Waals surface area contributed by atoms with Crippen LogP contribution in [-0.2, 0) is 0 Å². The van der Waals surface area contributed by atoms with E-state index in [1.54, 1.807) is 11.1 Å². The number of benzene rings is 1. The summed E-state index contributed by atoms with van der Waals surface area (Å²) in [6, 6.07) is 10.2. The van der Waals surface area contributed by atoms with E-state index in [1.165, 1.54) is 36.2 Å². The van der Waals surface area contributed by atoms with Crippen LogP contribution in [0.4, 0.5) is 21.9 Å². The Bertz CT molecular complexity index is 1170. The zero-order valence-corrected chi connectivity index (χ0v) is 18.6. The molecule has 0 radical (unpaired) electrons. The van der Waals surface area contributed by atoms with Crippen molar-refractivity contribution in [3.05, 3.63) is 47.0 Å². The molecule has 166 valence electrons. The number of hydrogen-bond donors (Lipinski definition) is 4. The Hall–Kier alpha value is -2.52. The highest BCUT2D eigenvalue weighted by Crippen LogP contribution is 2.48. The number of rotatable bonds is 5. The molecule has 0 bridgehead atoms. The molecule has 4 heterocycles. The van der Waals surface area contributed by atoms with Crippen molar-refractivity contribution in [3.63, 3.8) is 0 Å². The van der Waals surface area contributed by atoms with Gasteiger partial charge in [-0.05, 0) is 61.9 Å². The molecular weight excluding hydrogens is 422 g/mol. The van der Waals surface area contributed by atoms with E-state index in [0.29, 0.717) is 16.5 Å². The highest BCUT2D eigenvalue weighted by atomic mass is 32.1. The lowest BCUT2D eigenvalue weighted by molar-refractivity contribution is 0.120. The molecule has 3 aliphatic rings. The Morgan fingerprint density at radius 2 is 2.12 bits per heavy atom. The number of aliphatic hydroxyl groups excluding tert-OH is 1. The first kappa shape index (κ1) is 20.1. The van der Waals surface area contributed by atoms with Gasteiger partial charge in [-0.15, -0.1) is 11.3 Å². The predicted octanol–water partition coefficient (Wildman–Crippen LogP) is 4.58. The Kier molecular flexibility index (Phi) is 5.10. The Balaban J connectivity index is 1.38.